The highest BCUT2D eigenvalue weighted by atomic mass is 16.3. The third-order valence-corrected chi connectivity index (χ3v) is 3.03. The predicted molar refractivity (Wildman–Crippen MR) is 66.7 cm³/mol. The number of phenolic OH excluding ortho intramolecular Hbond substituents is 1. The molecule has 3 nitrogen and oxygen atoms in total. The minimum Gasteiger partial charge on any atom is -0.504 e. The van der Waals surface area contributed by atoms with Gasteiger partial charge in [-0.2, -0.15) is 0 Å². The van der Waals surface area contributed by atoms with Crippen molar-refractivity contribution in [2.45, 2.75) is 6.92 Å². The van der Waals surface area contributed by atoms with E-state index >= 15 is 0 Å². The van der Waals surface area contributed by atoms with Crippen molar-refractivity contribution in [2.24, 2.45) is 0 Å². The van der Waals surface area contributed by atoms with Crippen LogP contribution in [0.3, 0.4) is 0 Å². The van der Waals surface area contributed by atoms with Crippen molar-refractivity contribution < 1.29 is 5.11 Å². The van der Waals surface area contributed by atoms with E-state index in [4.69, 9.17) is 0 Å². The zero-order chi connectivity index (χ0) is 12.0. The predicted octanol–water partition coefficient (Wildman–Crippen LogP) is 2.42. The SMILES string of the molecule is Cc1cc(=O)c(O)c2cc3ccccn3cc1-2. The van der Waals surface area contributed by atoms with E-state index in [0.717, 1.165) is 16.6 Å². The van der Waals surface area contributed by atoms with Gasteiger partial charge in [-0.1, -0.05) is 6.07 Å². The average molecular weight is 225 g/mol. The van der Waals surface area contributed by atoms with Gasteiger partial charge in [-0.25, -0.2) is 0 Å². The summed E-state index contributed by atoms with van der Waals surface area (Å²) < 4.78 is 1.97. The van der Waals surface area contributed by atoms with Crippen LogP contribution in [0.1, 0.15) is 5.56 Å². The molecule has 0 bridgehead atoms. The van der Waals surface area contributed by atoms with Crippen LogP contribution >= 0.6 is 0 Å². The van der Waals surface area contributed by atoms with Crippen molar-refractivity contribution in [3.63, 3.8) is 0 Å². The first-order valence-electron chi connectivity index (χ1n) is 5.40. The van der Waals surface area contributed by atoms with E-state index in [1.807, 2.05) is 48.0 Å². The van der Waals surface area contributed by atoms with Crippen LogP contribution in [0.15, 0.2) is 47.5 Å². The minimum absolute atomic E-state index is 0.169. The van der Waals surface area contributed by atoms with Gasteiger partial charge in [0.2, 0.25) is 5.43 Å². The summed E-state index contributed by atoms with van der Waals surface area (Å²) in [4.78, 5) is 11.5. The standard InChI is InChI=1S/C14H11NO2/c1-9-6-13(16)14(17)11-7-10-4-2-3-5-15(10)8-12(9)11/h2-8,17H,1H3. The molecular weight excluding hydrogens is 214 g/mol. The Morgan fingerprint density at radius 1 is 1.18 bits per heavy atom. The van der Waals surface area contributed by atoms with Crippen LogP contribution in [0, 0.1) is 6.92 Å². The molecule has 84 valence electrons. The van der Waals surface area contributed by atoms with Crippen molar-refractivity contribution >= 4 is 5.52 Å². The van der Waals surface area contributed by atoms with Crippen molar-refractivity contribution in [1.29, 1.82) is 0 Å². The lowest BCUT2D eigenvalue weighted by Crippen LogP contribution is -2.04. The normalized spacial score (nSPS) is 11.1. The van der Waals surface area contributed by atoms with Crippen LogP contribution in [0.4, 0.5) is 0 Å². The Hall–Kier alpha value is -2.29. The quantitative estimate of drug-likeness (QED) is 0.597. The number of benzene rings is 1. The van der Waals surface area contributed by atoms with Crippen molar-refractivity contribution in [3.05, 3.63) is 58.5 Å². The van der Waals surface area contributed by atoms with Gasteiger partial charge in [0.25, 0.3) is 0 Å². The number of pyridine rings is 2. The zero-order valence-corrected chi connectivity index (χ0v) is 9.34. The number of aromatic hydroxyl groups is 1. The van der Waals surface area contributed by atoms with Gasteiger partial charge in [0.05, 0.1) is 0 Å². The molecule has 3 heteroatoms. The molecule has 0 amide bonds. The first-order valence-corrected chi connectivity index (χ1v) is 5.40. The molecule has 0 aromatic carbocycles. The van der Waals surface area contributed by atoms with Gasteiger partial charge in [0.15, 0.2) is 5.75 Å². The average Bonchev–Trinajstić information content (AvgIpc) is 2.34. The van der Waals surface area contributed by atoms with E-state index in [1.54, 1.807) is 0 Å². The molecule has 3 rings (SSSR count). The minimum atomic E-state index is -0.324. The molecule has 0 saturated carbocycles. The van der Waals surface area contributed by atoms with Crippen LogP contribution in [0.25, 0.3) is 16.6 Å². The molecule has 1 aliphatic carbocycles. The summed E-state index contributed by atoms with van der Waals surface area (Å²) in [6.07, 6.45) is 3.87. The number of aromatic nitrogens is 1. The van der Waals surface area contributed by atoms with Crippen LogP contribution in [0.2, 0.25) is 0 Å². The molecule has 1 aromatic rings. The number of nitrogens with zero attached hydrogens (tertiary/aromatic N) is 1. The fourth-order valence-corrected chi connectivity index (χ4v) is 2.13. The van der Waals surface area contributed by atoms with Gasteiger partial charge in [-0.05, 0) is 36.8 Å². The molecule has 2 aliphatic rings. The molecule has 0 saturated heterocycles. The highest BCUT2D eigenvalue weighted by molar-refractivity contribution is 5.78. The second-order valence-electron chi connectivity index (χ2n) is 4.17. The van der Waals surface area contributed by atoms with E-state index in [9.17, 15) is 9.90 Å². The summed E-state index contributed by atoms with van der Waals surface area (Å²) >= 11 is 0. The van der Waals surface area contributed by atoms with Gasteiger partial charge in [-0.15, -0.1) is 0 Å². The molecule has 0 unspecified atom stereocenters. The van der Waals surface area contributed by atoms with Crippen molar-refractivity contribution in [1.82, 2.24) is 4.40 Å². The molecule has 1 N–H and O–H groups in total. The van der Waals surface area contributed by atoms with E-state index in [-0.39, 0.29) is 11.2 Å². The second kappa shape index (κ2) is 3.35. The molecule has 0 radical (unpaired) electrons. The third kappa shape index (κ3) is 1.40. The number of hydrogen-bond donors (Lipinski definition) is 1. The number of phenols is 1. The molecule has 0 spiro atoms. The van der Waals surface area contributed by atoms with Crippen LogP contribution in [0.5, 0.6) is 5.75 Å². The van der Waals surface area contributed by atoms with Gasteiger partial charge in [0, 0.05) is 29.0 Å². The summed E-state index contributed by atoms with van der Waals surface area (Å²) in [6.45, 7) is 1.87. The molecule has 1 aliphatic heterocycles. The summed E-state index contributed by atoms with van der Waals surface area (Å²) in [5.74, 6) is -0.169. The van der Waals surface area contributed by atoms with Gasteiger partial charge >= 0.3 is 0 Å². The van der Waals surface area contributed by atoms with Crippen molar-refractivity contribution in [3.8, 4) is 16.9 Å². The van der Waals surface area contributed by atoms with Crippen molar-refractivity contribution in [2.75, 3.05) is 0 Å². The maximum Gasteiger partial charge on any atom is 0.221 e. The lowest BCUT2D eigenvalue weighted by molar-refractivity contribution is 0.472. The first kappa shape index (κ1) is 9.90. The molecule has 17 heavy (non-hydrogen) atoms. The third-order valence-electron chi connectivity index (χ3n) is 3.03. The summed E-state index contributed by atoms with van der Waals surface area (Å²) in [5, 5.41) is 9.82. The van der Waals surface area contributed by atoms with Crippen LogP contribution in [-0.2, 0) is 0 Å². The summed E-state index contributed by atoms with van der Waals surface area (Å²) in [7, 11) is 0. The zero-order valence-electron chi connectivity index (χ0n) is 9.34. The highest BCUT2D eigenvalue weighted by Gasteiger charge is 2.14. The Morgan fingerprint density at radius 2 is 2.00 bits per heavy atom. The highest BCUT2D eigenvalue weighted by Crippen LogP contribution is 2.31. The maximum absolute atomic E-state index is 11.5. The lowest BCUT2D eigenvalue weighted by atomic mass is 9.99. The fraction of sp³-hybridized carbons (Fsp3) is 0.0714. The van der Waals surface area contributed by atoms with Crippen LogP contribution < -0.4 is 5.43 Å². The Morgan fingerprint density at radius 3 is 2.82 bits per heavy atom. The smallest absolute Gasteiger partial charge is 0.221 e. The second-order valence-corrected chi connectivity index (χ2v) is 4.17. The molecule has 1 aromatic heterocycles. The number of aryl methyl sites for hydroxylation is 1. The Kier molecular flexibility index (Phi) is 1.95. The molecule has 0 atom stereocenters. The van der Waals surface area contributed by atoms with E-state index in [0.29, 0.717) is 5.56 Å². The number of fused-ring (bicyclic) bond motifs is 2. The number of hydrogen-bond acceptors (Lipinski definition) is 2. The molecule has 0 fully saturated rings. The van der Waals surface area contributed by atoms with Gasteiger partial charge in [-0.3, -0.25) is 4.79 Å². The topological polar surface area (TPSA) is 41.7 Å². The Labute approximate surface area is 97.9 Å². The Bertz CT molecular complexity index is 743. The lowest BCUT2D eigenvalue weighted by Gasteiger charge is -2.12. The van der Waals surface area contributed by atoms with E-state index in [1.165, 1.54) is 6.07 Å². The van der Waals surface area contributed by atoms with Gasteiger partial charge < -0.3 is 9.51 Å². The monoisotopic (exact) mass is 225 g/mol. The number of rotatable bonds is 0. The van der Waals surface area contributed by atoms with E-state index < -0.39 is 0 Å². The van der Waals surface area contributed by atoms with Gasteiger partial charge in [0.1, 0.15) is 0 Å². The Balaban J connectivity index is 2.56. The molecule has 2 heterocycles. The maximum atomic E-state index is 11.5. The summed E-state index contributed by atoms with van der Waals surface area (Å²) in [6, 6.07) is 9.10. The van der Waals surface area contributed by atoms with Crippen LogP contribution in [-0.4, -0.2) is 9.51 Å². The fourth-order valence-electron chi connectivity index (χ4n) is 2.13. The summed E-state index contributed by atoms with van der Waals surface area (Å²) in [5.41, 5.74) is 3.00. The largest absolute Gasteiger partial charge is 0.504 e. The van der Waals surface area contributed by atoms with E-state index in [2.05, 4.69) is 0 Å². The molecular formula is C14H11NO2. The first-order chi connectivity index (χ1) is 8.16.